The zero-order valence-corrected chi connectivity index (χ0v) is 14.5. The van der Waals surface area contributed by atoms with Gasteiger partial charge in [-0.1, -0.05) is 0 Å². The maximum absolute atomic E-state index is 13.8. The number of hydrogen-bond donors (Lipinski definition) is 2. The van der Waals surface area contributed by atoms with Crippen molar-refractivity contribution >= 4 is 38.6 Å². The van der Waals surface area contributed by atoms with Gasteiger partial charge in [0.1, 0.15) is 41.2 Å². The molecule has 3 N–H and O–H groups in total. The van der Waals surface area contributed by atoms with E-state index in [2.05, 4.69) is 36.2 Å². The zero-order valence-electron chi connectivity index (χ0n) is 12.9. The van der Waals surface area contributed by atoms with Crippen molar-refractivity contribution in [3.63, 3.8) is 0 Å². The van der Waals surface area contributed by atoms with Crippen LogP contribution in [0.3, 0.4) is 0 Å². The summed E-state index contributed by atoms with van der Waals surface area (Å²) in [6.07, 6.45) is 1.28. The molecule has 0 saturated carbocycles. The van der Waals surface area contributed by atoms with Crippen molar-refractivity contribution in [1.29, 1.82) is 5.26 Å². The number of anilines is 2. The van der Waals surface area contributed by atoms with Gasteiger partial charge in [0, 0.05) is 7.05 Å². The van der Waals surface area contributed by atoms with E-state index >= 15 is 0 Å². The van der Waals surface area contributed by atoms with Crippen LogP contribution in [0.4, 0.5) is 16.0 Å². The molecule has 7 nitrogen and oxygen atoms in total. The summed E-state index contributed by atoms with van der Waals surface area (Å²) < 4.78 is 15.9. The molecule has 1 aromatic carbocycles. The van der Waals surface area contributed by atoms with Crippen molar-refractivity contribution in [3.8, 4) is 6.07 Å². The normalized spacial score (nSPS) is 12.1. The summed E-state index contributed by atoms with van der Waals surface area (Å²) in [5.74, 6) is 0.747. The topological polar surface area (TPSA) is 105 Å². The van der Waals surface area contributed by atoms with Gasteiger partial charge in [-0.05, 0) is 35.0 Å². The highest BCUT2D eigenvalue weighted by Crippen LogP contribution is 2.30. The van der Waals surface area contributed by atoms with Crippen molar-refractivity contribution in [2.24, 2.45) is 7.05 Å². The van der Waals surface area contributed by atoms with Gasteiger partial charge in [0.2, 0.25) is 0 Å². The number of nitrogen functional groups attached to an aromatic ring is 1. The summed E-state index contributed by atoms with van der Waals surface area (Å²) in [6.45, 7) is 1.87. The number of halogens is 2. The van der Waals surface area contributed by atoms with Crippen LogP contribution in [0, 0.1) is 17.1 Å². The molecule has 1 atom stereocenters. The molecule has 2 aromatic heterocycles. The third-order valence-corrected chi connectivity index (χ3v) is 4.45. The summed E-state index contributed by atoms with van der Waals surface area (Å²) in [5.41, 5.74) is 7.19. The Hall–Kier alpha value is -2.73. The Kier molecular flexibility index (Phi) is 4.07. The first-order valence-corrected chi connectivity index (χ1v) is 7.80. The molecule has 1 unspecified atom stereocenters. The van der Waals surface area contributed by atoms with Crippen molar-refractivity contribution in [3.05, 3.63) is 40.1 Å². The molecule has 0 radical (unpaired) electrons. The Morgan fingerprint density at radius 1 is 1.42 bits per heavy atom. The number of nitriles is 1. The van der Waals surface area contributed by atoms with Crippen LogP contribution >= 0.6 is 15.9 Å². The zero-order chi connectivity index (χ0) is 17.4. The average molecular weight is 390 g/mol. The Bertz CT molecular complexity index is 976. The fraction of sp³-hybridized carbons (Fsp3) is 0.200. The number of aryl methyl sites for hydroxylation is 1. The Balaban J connectivity index is 2.03. The molecule has 3 rings (SSSR count). The minimum Gasteiger partial charge on any atom is -0.382 e. The van der Waals surface area contributed by atoms with Gasteiger partial charge in [0.25, 0.3) is 0 Å². The van der Waals surface area contributed by atoms with Gasteiger partial charge >= 0.3 is 0 Å². The van der Waals surface area contributed by atoms with Crippen LogP contribution in [0.1, 0.15) is 24.4 Å². The lowest BCUT2D eigenvalue weighted by Crippen LogP contribution is -2.14. The van der Waals surface area contributed by atoms with Crippen molar-refractivity contribution < 1.29 is 4.39 Å². The first-order chi connectivity index (χ1) is 11.4. The van der Waals surface area contributed by atoms with Crippen molar-refractivity contribution in [2.45, 2.75) is 13.0 Å². The van der Waals surface area contributed by atoms with E-state index in [9.17, 15) is 9.65 Å². The number of nitrogens with zero attached hydrogens (tertiary/aromatic N) is 5. The summed E-state index contributed by atoms with van der Waals surface area (Å²) in [5, 5.41) is 12.3. The second kappa shape index (κ2) is 6.05. The fourth-order valence-electron chi connectivity index (χ4n) is 2.53. The molecule has 0 spiro atoms. The molecular formula is C15H13BrFN7. The van der Waals surface area contributed by atoms with Gasteiger partial charge in [-0.2, -0.15) is 5.26 Å². The monoisotopic (exact) mass is 389 g/mol. The molecular weight excluding hydrogens is 377 g/mol. The summed E-state index contributed by atoms with van der Waals surface area (Å²) in [6, 6.07) is 4.67. The second-order valence-electron chi connectivity index (χ2n) is 5.22. The Morgan fingerprint density at radius 3 is 2.88 bits per heavy atom. The maximum Gasteiger partial charge on any atom is 0.150 e. The van der Waals surface area contributed by atoms with Gasteiger partial charge in [-0.25, -0.2) is 19.3 Å². The van der Waals surface area contributed by atoms with Crippen LogP contribution in [-0.2, 0) is 7.05 Å². The number of rotatable bonds is 3. The number of benzene rings is 1. The SMILES string of the molecule is CC(Nc1ncnc(N)c1C#N)c1nc2ccc(F)c(Br)c2n1C. The Morgan fingerprint density at radius 2 is 2.17 bits per heavy atom. The van der Waals surface area contributed by atoms with Crippen LogP contribution < -0.4 is 11.1 Å². The second-order valence-corrected chi connectivity index (χ2v) is 6.01. The predicted octanol–water partition coefficient (Wildman–Crippen LogP) is 2.89. The van der Waals surface area contributed by atoms with Crippen molar-refractivity contribution in [2.75, 3.05) is 11.1 Å². The molecule has 0 fully saturated rings. The molecule has 0 aliphatic carbocycles. The minimum absolute atomic E-state index is 0.108. The lowest BCUT2D eigenvalue weighted by Gasteiger charge is -2.15. The molecule has 2 heterocycles. The van der Waals surface area contributed by atoms with E-state index in [0.29, 0.717) is 27.1 Å². The summed E-state index contributed by atoms with van der Waals surface area (Å²) >= 11 is 3.26. The quantitative estimate of drug-likeness (QED) is 0.713. The average Bonchev–Trinajstić information content (AvgIpc) is 2.89. The number of nitrogens with two attached hydrogens (primary N) is 1. The third kappa shape index (κ3) is 2.55. The van der Waals surface area contributed by atoms with Gasteiger partial charge in [-0.15, -0.1) is 0 Å². The molecule has 122 valence electrons. The van der Waals surface area contributed by atoms with Crippen LogP contribution in [0.15, 0.2) is 22.9 Å². The van der Waals surface area contributed by atoms with Crippen LogP contribution in [0.2, 0.25) is 0 Å². The van der Waals surface area contributed by atoms with Crippen LogP contribution in [0.25, 0.3) is 11.0 Å². The number of aromatic nitrogens is 4. The van der Waals surface area contributed by atoms with Gasteiger partial charge < -0.3 is 15.6 Å². The standard InChI is InChI=1S/C15H13BrFN7/c1-7(22-14-8(5-18)13(19)20-6-21-14)15-23-10-4-3-9(17)11(16)12(10)24(15)2/h3-4,6-7H,1-2H3,(H3,19,20,21,22). The van der Waals surface area contributed by atoms with Crippen molar-refractivity contribution in [1.82, 2.24) is 19.5 Å². The largest absolute Gasteiger partial charge is 0.382 e. The maximum atomic E-state index is 13.8. The molecule has 24 heavy (non-hydrogen) atoms. The van der Waals surface area contributed by atoms with E-state index in [1.54, 1.807) is 17.7 Å². The molecule has 0 bridgehead atoms. The van der Waals surface area contributed by atoms with E-state index in [1.807, 2.05) is 13.0 Å². The number of nitrogens with one attached hydrogen (secondary N) is 1. The number of fused-ring (bicyclic) bond motifs is 1. The first-order valence-electron chi connectivity index (χ1n) is 7.01. The predicted molar refractivity (Wildman–Crippen MR) is 91.6 cm³/mol. The minimum atomic E-state index is -0.354. The molecule has 0 amide bonds. The third-order valence-electron chi connectivity index (χ3n) is 3.69. The van der Waals surface area contributed by atoms with Gasteiger partial charge in [0.05, 0.1) is 21.5 Å². The lowest BCUT2D eigenvalue weighted by molar-refractivity contribution is 0.622. The van der Waals surface area contributed by atoms with E-state index < -0.39 is 0 Å². The molecule has 0 aliphatic rings. The first kappa shape index (κ1) is 16.1. The molecule has 9 heteroatoms. The molecule has 3 aromatic rings. The fourth-order valence-corrected chi connectivity index (χ4v) is 3.13. The smallest absolute Gasteiger partial charge is 0.150 e. The van der Waals surface area contributed by atoms with Gasteiger partial charge in [0.15, 0.2) is 0 Å². The van der Waals surface area contributed by atoms with Gasteiger partial charge in [-0.3, -0.25) is 0 Å². The van der Waals surface area contributed by atoms with Crippen LogP contribution in [0.5, 0.6) is 0 Å². The van der Waals surface area contributed by atoms with E-state index in [4.69, 9.17) is 5.73 Å². The molecule has 0 saturated heterocycles. The molecule has 0 aliphatic heterocycles. The highest BCUT2D eigenvalue weighted by Gasteiger charge is 2.19. The van der Waals surface area contributed by atoms with E-state index in [-0.39, 0.29) is 23.2 Å². The lowest BCUT2D eigenvalue weighted by atomic mass is 10.2. The highest BCUT2D eigenvalue weighted by atomic mass is 79.9. The summed E-state index contributed by atoms with van der Waals surface area (Å²) in [4.78, 5) is 12.4. The Labute approximate surface area is 145 Å². The highest BCUT2D eigenvalue weighted by molar-refractivity contribution is 9.10. The van der Waals surface area contributed by atoms with E-state index in [1.165, 1.54) is 12.4 Å². The van der Waals surface area contributed by atoms with E-state index in [0.717, 1.165) is 0 Å². The van der Waals surface area contributed by atoms with Crippen LogP contribution in [-0.4, -0.2) is 19.5 Å². The number of hydrogen-bond acceptors (Lipinski definition) is 6. The number of imidazole rings is 1. The summed E-state index contributed by atoms with van der Waals surface area (Å²) in [7, 11) is 1.80.